The van der Waals surface area contributed by atoms with Gasteiger partial charge in [0.25, 0.3) is 0 Å². The molecule has 0 radical (unpaired) electrons. The van der Waals surface area contributed by atoms with E-state index >= 15 is 0 Å². The molecule has 0 spiro atoms. The highest BCUT2D eigenvalue weighted by Gasteiger charge is 2.42. The van der Waals surface area contributed by atoms with E-state index in [0.29, 0.717) is 90.1 Å². The molecule has 3 aliphatic carbocycles. The molecule has 12 nitrogen and oxygen atoms in total. The molecule has 0 bridgehead atoms. The van der Waals surface area contributed by atoms with Gasteiger partial charge in [0.05, 0.1) is 42.1 Å². The standard InChI is InChI=1S/C24H32O10.C6H10O2/c25-19(26)13-5-9-15(10-6-13)21(29)33-23(31)17-3-1-2-4-18(17)24(32)34-22(30)16-11-7-14(8-12-16)20(27)28;7-6-4-2-1-3-5-8-6/h13-18H,1-12H2,(H,25,26)(H,27,28);1-5H2. The summed E-state index contributed by atoms with van der Waals surface area (Å²) < 4.78 is 14.9. The van der Waals surface area contributed by atoms with Crippen molar-refractivity contribution >= 4 is 41.8 Å². The Labute approximate surface area is 244 Å². The van der Waals surface area contributed by atoms with Crippen LogP contribution in [0.3, 0.4) is 0 Å². The summed E-state index contributed by atoms with van der Waals surface area (Å²) in [5.74, 6) is -8.64. The minimum Gasteiger partial charge on any atom is -0.481 e. The third kappa shape index (κ3) is 9.90. The van der Waals surface area contributed by atoms with Gasteiger partial charge in [-0.05, 0) is 83.5 Å². The highest BCUT2D eigenvalue weighted by Crippen LogP contribution is 2.35. The Hall–Kier alpha value is -3.31. The zero-order valence-corrected chi connectivity index (χ0v) is 24.0. The predicted octanol–water partition coefficient (Wildman–Crippen LogP) is 3.82. The van der Waals surface area contributed by atoms with Crippen molar-refractivity contribution in [1.82, 2.24) is 0 Å². The van der Waals surface area contributed by atoms with E-state index in [1.165, 1.54) is 0 Å². The van der Waals surface area contributed by atoms with Gasteiger partial charge < -0.3 is 24.4 Å². The van der Waals surface area contributed by atoms with Crippen LogP contribution in [0.2, 0.25) is 0 Å². The van der Waals surface area contributed by atoms with Gasteiger partial charge in [-0.1, -0.05) is 12.8 Å². The van der Waals surface area contributed by atoms with Crippen LogP contribution in [-0.2, 0) is 47.8 Å². The summed E-state index contributed by atoms with van der Waals surface area (Å²) in [7, 11) is 0. The van der Waals surface area contributed by atoms with Crippen molar-refractivity contribution in [3.05, 3.63) is 0 Å². The van der Waals surface area contributed by atoms with Crippen molar-refractivity contribution in [2.75, 3.05) is 6.61 Å². The first-order valence-corrected chi connectivity index (χ1v) is 15.2. The van der Waals surface area contributed by atoms with E-state index in [1.54, 1.807) is 0 Å². The highest BCUT2D eigenvalue weighted by molar-refractivity contribution is 5.93. The van der Waals surface area contributed by atoms with Crippen molar-refractivity contribution < 1.29 is 58.0 Å². The van der Waals surface area contributed by atoms with Gasteiger partial charge in [-0.15, -0.1) is 0 Å². The van der Waals surface area contributed by atoms with E-state index in [0.717, 1.165) is 19.3 Å². The Balaban J connectivity index is 0.000000521. The lowest BCUT2D eigenvalue weighted by atomic mass is 9.79. The summed E-state index contributed by atoms with van der Waals surface area (Å²) in [6, 6.07) is 0. The molecule has 4 aliphatic rings. The molecule has 0 aromatic rings. The average molecular weight is 595 g/mol. The van der Waals surface area contributed by atoms with Gasteiger partial charge >= 0.3 is 41.8 Å². The van der Waals surface area contributed by atoms with Gasteiger partial charge in [0.1, 0.15) is 0 Å². The molecule has 0 aromatic carbocycles. The fraction of sp³-hybridized carbons (Fsp3) is 0.767. The molecule has 4 fully saturated rings. The highest BCUT2D eigenvalue weighted by atomic mass is 16.6. The lowest BCUT2D eigenvalue weighted by Gasteiger charge is -2.30. The second kappa shape index (κ2) is 16.4. The van der Waals surface area contributed by atoms with Crippen molar-refractivity contribution in [2.45, 2.75) is 103 Å². The number of esters is 5. The van der Waals surface area contributed by atoms with Gasteiger partial charge in [-0.2, -0.15) is 0 Å². The number of ether oxygens (including phenoxy) is 3. The fourth-order valence-electron chi connectivity index (χ4n) is 6.17. The summed E-state index contributed by atoms with van der Waals surface area (Å²) in [6.07, 6.45) is 8.57. The van der Waals surface area contributed by atoms with Crippen molar-refractivity contribution in [1.29, 1.82) is 0 Å². The normalized spacial score (nSPS) is 29.8. The maximum Gasteiger partial charge on any atom is 0.317 e. The Kier molecular flexibility index (Phi) is 12.9. The third-order valence-corrected chi connectivity index (χ3v) is 8.88. The number of hydrogen-bond acceptors (Lipinski definition) is 10. The molecule has 42 heavy (non-hydrogen) atoms. The number of rotatable bonds is 6. The molecular formula is C30H42O12. The first-order valence-electron chi connectivity index (χ1n) is 15.2. The Morgan fingerprint density at radius 1 is 0.524 bits per heavy atom. The van der Waals surface area contributed by atoms with E-state index in [1.807, 2.05) is 0 Å². The first-order chi connectivity index (χ1) is 20.1. The lowest BCUT2D eigenvalue weighted by Crippen LogP contribution is -2.38. The smallest absolute Gasteiger partial charge is 0.317 e. The molecule has 12 heteroatoms. The largest absolute Gasteiger partial charge is 0.481 e. The lowest BCUT2D eigenvalue weighted by molar-refractivity contribution is -0.176. The number of carboxylic acids is 2. The number of carbonyl (C=O) groups excluding carboxylic acids is 5. The second-order valence-electron chi connectivity index (χ2n) is 11.8. The summed E-state index contributed by atoms with van der Waals surface area (Å²) in [4.78, 5) is 83.0. The SMILES string of the molecule is O=C(O)C1CCC(C(=O)OC(=O)C2CCCCC2C(=O)OC(=O)C2CCC(C(=O)O)CC2)CC1.O=C1CCCCCO1. The van der Waals surface area contributed by atoms with E-state index in [-0.39, 0.29) is 5.97 Å². The van der Waals surface area contributed by atoms with Crippen LogP contribution >= 0.6 is 0 Å². The van der Waals surface area contributed by atoms with Crippen LogP contribution in [-0.4, -0.2) is 58.6 Å². The molecule has 1 aliphatic heterocycles. The van der Waals surface area contributed by atoms with Gasteiger partial charge in [0, 0.05) is 6.42 Å². The summed E-state index contributed by atoms with van der Waals surface area (Å²) in [5, 5.41) is 18.2. The Bertz CT molecular complexity index is 926. The summed E-state index contributed by atoms with van der Waals surface area (Å²) in [6.45, 7) is 0.638. The van der Waals surface area contributed by atoms with Crippen LogP contribution in [0.25, 0.3) is 0 Å². The van der Waals surface area contributed by atoms with E-state index in [4.69, 9.17) is 24.4 Å². The molecule has 1 heterocycles. The fourth-order valence-corrected chi connectivity index (χ4v) is 6.17. The molecule has 2 atom stereocenters. The molecule has 3 saturated carbocycles. The minimum absolute atomic E-state index is 0.0255. The maximum absolute atomic E-state index is 12.7. The molecule has 0 amide bonds. The zero-order chi connectivity index (χ0) is 30.6. The van der Waals surface area contributed by atoms with Crippen LogP contribution in [0.1, 0.15) is 103 Å². The second-order valence-corrected chi connectivity index (χ2v) is 11.8. The van der Waals surface area contributed by atoms with Gasteiger partial charge in [-0.3, -0.25) is 33.6 Å². The molecule has 4 rings (SSSR count). The van der Waals surface area contributed by atoms with E-state index in [2.05, 4.69) is 0 Å². The molecular weight excluding hydrogens is 552 g/mol. The number of carboxylic acid groups (broad SMARTS) is 2. The summed E-state index contributed by atoms with van der Waals surface area (Å²) >= 11 is 0. The Morgan fingerprint density at radius 3 is 1.33 bits per heavy atom. The Morgan fingerprint density at radius 2 is 0.929 bits per heavy atom. The van der Waals surface area contributed by atoms with Crippen molar-refractivity contribution in [2.24, 2.45) is 35.5 Å². The van der Waals surface area contributed by atoms with E-state index in [9.17, 15) is 33.6 Å². The molecule has 2 unspecified atom stereocenters. The minimum atomic E-state index is -0.893. The van der Waals surface area contributed by atoms with E-state index < -0.39 is 71.3 Å². The zero-order valence-electron chi connectivity index (χ0n) is 24.0. The third-order valence-electron chi connectivity index (χ3n) is 8.88. The number of cyclic esters (lactones) is 1. The quantitative estimate of drug-likeness (QED) is 0.257. The molecule has 2 N–H and O–H groups in total. The van der Waals surface area contributed by atoms with Gasteiger partial charge in [0.15, 0.2) is 0 Å². The van der Waals surface area contributed by atoms with Gasteiger partial charge in [0.2, 0.25) is 0 Å². The van der Waals surface area contributed by atoms with Gasteiger partial charge in [-0.25, -0.2) is 0 Å². The molecule has 234 valence electrons. The van der Waals surface area contributed by atoms with Crippen LogP contribution in [0.4, 0.5) is 0 Å². The number of carbonyl (C=O) groups is 7. The van der Waals surface area contributed by atoms with Crippen molar-refractivity contribution in [3.8, 4) is 0 Å². The molecule has 1 saturated heterocycles. The monoisotopic (exact) mass is 594 g/mol. The van der Waals surface area contributed by atoms with Crippen LogP contribution in [0.5, 0.6) is 0 Å². The number of hydrogen-bond donors (Lipinski definition) is 2. The average Bonchev–Trinajstić information content (AvgIpc) is 3.24. The topological polar surface area (TPSA) is 188 Å². The van der Waals surface area contributed by atoms with Crippen molar-refractivity contribution in [3.63, 3.8) is 0 Å². The maximum atomic E-state index is 12.7. The summed E-state index contributed by atoms with van der Waals surface area (Å²) in [5.41, 5.74) is 0. The van der Waals surface area contributed by atoms with Crippen LogP contribution < -0.4 is 0 Å². The predicted molar refractivity (Wildman–Crippen MR) is 143 cm³/mol. The van der Waals surface area contributed by atoms with Crippen LogP contribution in [0, 0.1) is 35.5 Å². The molecule has 0 aromatic heterocycles. The van der Waals surface area contributed by atoms with Crippen LogP contribution in [0.15, 0.2) is 0 Å². The first kappa shape index (κ1) is 33.2. The number of aliphatic carboxylic acids is 2.